The SMILES string of the molecule is COC(=O)c1cccc(CN(CC(=O)N(Cc2ccc(C3CCCCC3)cc2)c2ccc(C(=O)O)c(O)c2)S(=O)(=O)c2ccc(C)cc2)c1. The fourth-order valence-electron chi connectivity index (χ4n) is 6.15. The molecule has 2 N–H and O–H groups in total. The topological polar surface area (TPSA) is 142 Å². The molecule has 0 unspecified atom stereocenters. The van der Waals surface area contributed by atoms with E-state index in [0.717, 1.165) is 28.3 Å². The van der Waals surface area contributed by atoms with Gasteiger partial charge in [-0.2, -0.15) is 4.31 Å². The van der Waals surface area contributed by atoms with Crippen molar-refractivity contribution < 1.29 is 37.8 Å². The quantitative estimate of drug-likeness (QED) is 0.158. The average Bonchev–Trinajstić information content (AvgIpc) is 3.10. The molecule has 49 heavy (non-hydrogen) atoms. The van der Waals surface area contributed by atoms with Crippen molar-refractivity contribution in [3.05, 3.63) is 124 Å². The minimum atomic E-state index is -4.24. The van der Waals surface area contributed by atoms with Gasteiger partial charge >= 0.3 is 11.9 Å². The number of aromatic hydroxyl groups is 1. The van der Waals surface area contributed by atoms with E-state index >= 15 is 0 Å². The Kier molecular flexibility index (Phi) is 11.2. The predicted molar refractivity (Wildman–Crippen MR) is 185 cm³/mol. The van der Waals surface area contributed by atoms with Crippen molar-refractivity contribution >= 4 is 33.6 Å². The van der Waals surface area contributed by atoms with Crippen molar-refractivity contribution in [2.75, 3.05) is 18.6 Å². The molecular formula is C38H40N2O8S. The number of benzene rings is 4. The molecule has 0 bridgehead atoms. The molecule has 1 saturated carbocycles. The van der Waals surface area contributed by atoms with Crippen LogP contribution in [0.2, 0.25) is 0 Å². The number of carbonyl (C=O) groups is 3. The summed E-state index contributed by atoms with van der Waals surface area (Å²) >= 11 is 0. The van der Waals surface area contributed by atoms with E-state index in [4.69, 9.17) is 4.74 Å². The zero-order valence-corrected chi connectivity index (χ0v) is 28.4. The van der Waals surface area contributed by atoms with Gasteiger partial charge in [-0.3, -0.25) is 4.79 Å². The number of anilines is 1. The normalized spacial score (nSPS) is 13.6. The lowest BCUT2D eigenvalue weighted by Crippen LogP contribution is -2.42. The number of carbonyl (C=O) groups excluding carboxylic acids is 2. The molecular weight excluding hydrogens is 644 g/mol. The van der Waals surface area contributed by atoms with E-state index in [-0.39, 0.29) is 34.8 Å². The summed E-state index contributed by atoms with van der Waals surface area (Å²) in [6.07, 6.45) is 5.89. The summed E-state index contributed by atoms with van der Waals surface area (Å²) in [5.41, 5.74) is 3.41. The molecule has 0 aliphatic heterocycles. The van der Waals surface area contributed by atoms with Crippen LogP contribution >= 0.6 is 0 Å². The number of hydrogen-bond acceptors (Lipinski definition) is 7. The maximum atomic E-state index is 14.3. The third kappa shape index (κ3) is 8.54. The van der Waals surface area contributed by atoms with Crippen molar-refractivity contribution in [2.24, 2.45) is 0 Å². The smallest absolute Gasteiger partial charge is 0.339 e. The summed E-state index contributed by atoms with van der Waals surface area (Å²) in [6.45, 7) is 1.03. The molecule has 0 heterocycles. The Hall–Kier alpha value is -5.00. The first-order valence-corrected chi connectivity index (χ1v) is 17.6. The molecule has 10 nitrogen and oxygen atoms in total. The fourth-order valence-corrected chi connectivity index (χ4v) is 7.52. The summed E-state index contributed by atoms with van der Waals surface area (Å²) in [7, 11) is -2.99. The van der Waals surface area contributed by atoms with Crippen LogP contribution < -0.4 is 4.90 Å². The van der Waals surface area contributed by atoms with Gasteiger partial charge in [-0.15, -0.1) is 0 Å². The molecule has 1 aliphatic carbocycles. The second-order valence-corrected chi connectivity index (χ2v) is 14.3. The largest absolute Gasteiger partial charge is 0.507 e. The highest BCUT2D eigenvalue weighted by Gasteiger charge is 2.30. The molecule has 1 amide bonds. The first-order valence-electron chi connectivity index (χ1n) is 16.2. The number of methoxy groups -OCH3 is 1. The maximum absolute atomic E-state index is 14.3. The Morgan fingerprint density at radius 3 is 2.16 bits per heavy atom. The summed E-state index contributed by atoms with van der Waals surface area (Å²) in [5.74, 6) is -2.57. The number of carboxylic acid groups (broad SMARTS) is 1. The monoisotopic (exact) mass is 684 g/mol. The first kappa shape index (κ1) is 35.3. The van der Waals surface area contributed by atoms with Crippen LogP contribution in [-0.2, 0) is 32.6 Å². The number of hydrogen-bond donors (Lipinski definition) is 2. The van der Waals surface area contributed by atoms with E-state index in [2.05, 4.69) is 12.1 Å². The molecule has 4 aromatic rings. The summed E-state index contributed by atoms with van der Waals surface area (Å²) < 4.78 is 34.1. The lowest BCUT2D eigenvalue weighted by molar-refractivity contribution is -0.119. The summed E-state index contributed by atoms with van der Waals surface area (Å²) in [5, 5.41) is 20.0. The van der Waals surface area contributed by atoms with E-state index in [0.29, 0.717) is 11.5 Å². The molecule has 256 valence electrons. The van der Waals surface area contributed by atoms with Crippen molar-refractivity contribution in [2.45, 2.75) is 62.9 Å². The standard InChI is InChI=1S/C38H40N2O8S/c1-26-11-18-33(19-12-26)49(46,47)39(23-28-7-6-10-31(21-28)38(45)48-2)25-36(42)40(32-17-20-34(37(43)44)35(41)22-32)24-27-13-15-30(16-14-27)29-8-4-3-5-9-29/h6-7,10-22,29,41H,3-5,8-9,23-25H2,1-2H3,(H,43,44). The van der Waals surface area contributed by atoms with E-state index < -0.39 is 40.2 Å². The Balaban J connectivity index is 1.51. The van der Waals surface area contributed by atoms with Crippen LogP contribution in [-0.4, -0.2) is 54.4 Å². The molecule has 0 spiro atoms. The highest BCUT2D eigenvalue weighted by Crippen LogP contribution is 2.33. The van der Waals surface area contributed by atoms with Gasteiger partial charge < -0.3 is 19.8 Å². The third-order valence-corrected chi connectivity index (χ3v) is 10.7. The average molecular weight is 685 g/mol. The Morgan fingerprint density at radius 1 is 0.837 bits per heavy atom. The number of aryl methyl sites for hydroxylation is 1. The van der Waals surface area contributed by atoms with Crippen LogP contribution in [0.3, 0.4) is 0 Å². The van der Waals surface area contributed by atoms with Gasteiger partial charge in [0.25, 0.3) is 0 Å². The van der Waals surface area contributed by atoms with Gasteiger partial charge in [-0.1, -0.05) is 73.4 Å². The number of sulfonamides is 1. The number of phenols is 1. The zero-order chi connectivity index (χ0) is 35.1. The van der Waals surface area contributed by atoms with E-state index in [1.54, 1.807) is 30.3 Å². The molecule has 0 atom stereocenters. The zero-order valence-electron chi connectivity index (χ0n) is 27.5. The number of ether oxygens (including phenoxy) is 1. The lowest BCUT2D eigenvalue weighted by atomic mass is 9.84. The molecule has 1 aliphatic rings. The minimum absolute atomic E-state index is 0.0108. The third-order valence-electron chi connectivity index (χ3n) is 8.90. The second-order valence-electron chi connectivity index (χ2n) is 12.3. The Labute approximate surface area is 286 Å². The van der Waals surface area contributed by atoms with Gasteiger partial charge in [0, 0.05) is 18.3 Å². The molecule has 4 aromatic carbocycles. The van der Waals surface area contributed by atoms with Gasteiger partial charge in [-0.25, -0.2) is 18.0 Å². The molecule has 11 heteroatoms. The summed E-state index contributed by atoms with van der Waals surface area (Å²) in [4.78, 5) is 39.5. The van der Waals surface area contributed by atoms with Crippen LogP contribution in [0.15, 0.2) is 95.9 Å². The molecule has 0 aromatic heterocycles. The number of amides is 1. The highest BCUT2D eigenvalue weighted by atomic mass is 32.2. The fraction of sp³-hybridized carbons (Fsp3) is 0.289. The second kappa shape index (κ2) is 15.5. The molecule has 1 fully saturated rings. The van der Waals surface area contributed by atoms with E-state index in [1.807, 2.05) is 19.1 Å². The van der Waals surface area contributed by atoms with Crippen LogP contribution in [0.1, 0.15) is 81.0 Å². The van der Waals surface area contributed by atoms with Crippen molar-refractivity contribution in [1.82, 2.24) is 4.31 Å². The molecule has 0 radical (unpaired) electrons. The number of rotatable bonds is 12. The highest BCUT2D eigenvalue weighted by molar-refractivity contribution is 7.89. The van der Waals surface area contributed by atoms with Crippen LogP contribution in [0, 0.1) is 6.92 Å². The van der Waals surface area contributed by atoms with Gasteiger partial charge in [0.1, 0.15) is 11.3 Å². The van der Waals surface area contributed by atoms with Crippen LogP contribution in [0.4, 0.5) is 5.69 Å². The van der Waals surface area contributed by atoms with Gasteiger partial charge in [0.2, 0.25) is 15.9 Å². The molecule has 5 rings (SSSR count). The number of nitrogens with zero attached hydrogens (tertiary/aromatic N) is 2. The van der Waals surface area contributed by atoms with Crippen molar-refractivity contribution in [3.8, 4) is 5.75 Å². The first-order chi connectivity index (χ1) is 23.5. The van der Waals surface area contributed by atoms with Gasteiger partial charge in [0.15, 0.2) is 0 Å². The van der Waals surface area contributed by atoms with E-state index in [9.17, 15) is 33.0 Å². The van der Waals surface area contributed by atoms with Gasteiger partial charge in [-0.05, 0) is 78.8 Å². The summed E-state index contributed by atoms with van der Waals surface area (Å²) in [6, 6.07) is 24.4. The van der Waals surface area contributed by atoms with Crippen molar-refractivity contribution in [1.29, 1.82) is 0 Å². The Morgan fingerprint density at radius 2 is 1.53 bits per heavy atom. The van der Waals surface area contributed by atoms with Crippen LogP contribution in [0.25, 0.3) is 0 Å². The molecule has 0 saturated heterocycles. The predicted octanol–water partition coefficient (Wildman–Crippen LogP) is 6.66. The number of carboxylic acids is 1. The van der Waals surface area contributed by atoms with Crippen LogP contribution in [0.5, 0.6) is 5.75 Å². The van der Waals surface area contributed by atoms with Crippen molar-refractivity contribution in [3.63, 3.8) is 0 Å². The number of aromatic carboxylic acids is 1. The Bertz CT molecular complexity index is 1920. The van der Waals surface area contributed by atoms with E-state index in [1.165, 1.54) is 73.2 Å². The maximum Gasteiger partial charge on any atom is 0.339 e. The lowest BCUT2D eigenvalue weighted by Gasteiger charge is -2.28. The minimum Gasteiger partial charge on any atom is -0.507 e. The number of esters is 1. The van der Waals surface area contributed by atoms with Gasteiger partial charge in [0.05, 0.1) is 30.7 Å².